The summed E-state index contributed by atoms with van der Waals surface area (Å²) in [6.45, 7) is 3.29. The van der Waals surface area contributed by atoms with Gasteiger partial charge in [0, 0.05) is 38.5 Å². The fourth-order valence-corrected chi connectivity index (χ4v) is 4.59. The van der Waals surface area contributed by atoms with Gasteiger partial charge in [-0.2, -0.15) is 0 Å². The minimum atomic E-state index is 0.449. The van der Waals surface area contributed by atoms with E-state index in [9.17, 15) is 4.79 Å². The molecule has 0 amide bonds. The summed E-state index contributed by atoms with van der Waals surface area (Å²) in [6.07, 6.45) is 7.24. The first-order valence-electron chi connectivity index (χ1n) is 8.02. The van der Waals surface area contributed by atoms with Crippen LogP contribution in [0.2, 0.25) is 0 Å². The van der Waals surface area contributed by atoms with Crippen molar-refractivity contribution in [1.29, 1.82) is 0 Å². The Hall–Kier alpha value is -0.410. The fraction of sp³-hybridized carbons (Fsp3) is 0.938. The van der Waals surface area contributed by atoms with Crippen molar-refractivity contribution in [3.05, 3.63) is 0 Å². The zero-order valence-electron chi connectivity index (χ0n) is 12.5. The number of rotatable bonds is 4. The SMILES string of the molecule is CN1CCN(C)C(CC(=O)CC2CC3CCC2C3)C1. The molecule has 0 spiro atoms. The van der Waals surface area contributed by atoms with Gasteiger partial charge in [-0.05, 0) is 51.1 Å². The van der Waals surface area contributed by atoms with E-state index in [1.807, 2.05) is 0 Å². The molecule has 0 aromatic heterocycles. The zero-order chi connectivity index (χ0) is 13.4. The summed E-state index contributed by atoms with van der Waals surface area (Å²) in [4.78, 5) is 17.1. The van der Waals surface area contributed by atoms with E-state index in [-0.39, 0.29) is 0 Å². The quantitative estimate of drug-likeness (QED) is 0.776. The average Bonchev–Trinajstić information content (AvgIpc) is 2.96. The van der Waals surface area contributed by atoms with Crippen LogP contribution in [-0.4, -0.2) is 55.4 Å². The van der Waals surface area contributed by atoms with Crippen molar-refractivity contribution in [2.24, 2.45) is 17.8 Å². The van der Waals surface area contributed by atoms with E-state index >= 15 is 0 Å². The van der Waals surface area contributed by atoms with Crippen LogP contribution in [-0.2, 0) is 4.79 Å². The second-order valence-electron chi connectivity index (χ2n) is 7.28. The summed E-state index contributed by atoms with van der Waals surface area (Å²) in [7, 11) is 4.34. The van der Waals surface area contributed by atoms with Gasteiger partial charge in [0.2, 0.25) is 0 Å². The smallest absolute Gasteiger partial charge is 0.134 e. The molecule has 19 heavy (non-hydrogen) atoms. The molecule has 0 radical (unpaired) electrons. The van der Waals surface area contributed by atoms with Crippen LogP contribution in [0.4, 0.5) is 0 Å². The lowest BCUT2D eigenvalue weighted by atomic mass is 9.84. The first-order valence-corrected chi connectivity index (χ1v) is 8.02. The predicted octanol–water partition coefficient (Wildman–Crippen LogP) is 2.02. The van der Waals surface area contributed by atoms with Gasteiger partial charge in [0.15, 0.2) is 0 Å². The number of ketones is 1. The third kappa shape index (κ3) is 3.03. The Morgan fingerprint density at radius 2 is 1.95 bits per heavy atom. The molecule has 2 saturated carbocycles. The Bertz CT molecular complexity index is 344. The van der Waals surface area contributed by atoms with Gasteiger partial charge in [-0.25, -0.2) is 0 Å². The van der Waals surface area contributed by atoms with E-state index in [0.29, 0.717) is 11.8 Å². The summed E-state index contributed by atoms with van der Waals surface area (Å²) in [5.41, 5.74) is 0. The normalized spacial score (nSPS) is 39.9. The molecule has 4 unspecified atom stereocenters. The Morgan fingerprint density at radius 3 is 2.63 bits per heavy atom. The van der Waals surface area contributed by atoms with Gasteiger partial charge in [-0.15, -0.1) is 0 Å². The molecule has 108 valence electrons. The average molecular weight is 264 g/mol. The molecule has 2 aliphatic carbocycles. The second kappa shape index (κ2) is 5.53. The van der Waals surface area contributed by atoms with Crippen molar-refractivity contribution in [1.82, 2.24) is 9.80 Å². The summed E-state index contributed by atoms with van der Waals surface area (Å²) in [6, 6.07) is 0.449. The molecule has 0 aromatic rings. The van der Waals surface area contributed by atoms with Crippen molar-refractivity contribution in [3.63, 3.8) is 0 Å². The first-order chi connectivity index (χ1) is 9.11. The number of piperazine rings is 1. The highest BCUT2D eigenvalue weighted by molar-refractivity contribution is 5.79. The van der Waals surface area contributed by atoms with Crippen LogP contribution in [0.15, 0.2) is 0 Å². The molecule has 2 bridgehead atoms. The molecule has 0 N–H and O–H groups in total. The number of carbonyl (C=O) groups is 1. The highest BCUT2D eigenvalue weighted by Gasteiger charge is 2.40. The Kier molecular flexibility index (Phi) is 3.95. The first kappa shape index (κ1) is 13.6. The summed E-state index contributed by atoms with van der Waals surface area (Å²) >= 11 is 0. The molecule has 3 aliphatic rings. The molecule has 1 saturated heterocycles. The topological polar surface area (TPSA) is 23.6 Å². The fourth-order valence-electron chi connectivity index (χ4n) is 4.59. The van der Waals surface area contributed by atoms with E-state index in [0.717, 1.165) is 50.2 Å². The van der Waals surface area contributed by atoms with Crippen LogP contribution in [0, 0.1) is 17.8 Å². The number of carbonyl (C=O) groups excluding carboxylic acids is 1. The minimum absolute atomic E-state index is 0.449. The van der Waals surface area contributed by atoms with Crippen molar-refractivity contribution in [2.45, 2.75) is 44.6 Å². The molecule has 4 atom stereocenters. The highest BCUT2D eigenvalue weighted by Crippen LogP contribution is 2.49. The standard InChI is InChI=1S/C16H28N2O/c1-17-5-6-18(2)15(11-17)10-16(19)9-14-8-12-3-4-13(14)7-12/h12-15H,3-11H2,1-2H3. The lowest BCUT2D eigenvalue weighted by Gasteiger charge is -2.37. The van der Waals surface area contributed by atoms with E-state index in [2.05, 4.69) is 23.9 Å². The van der Waals surface area contributed by atoms with Crippen LogP contribution < -0.4 is 0 Å². The van der Waals surface area contributed by atoms with Gasteiger partial charge in [0.1, 0.15) is 5.78 Å². The van der Waals surface area contributed by atoms with Crippen LogP contribution in [0.3, 0.4) is 0 Å². The van der Waals surface area contributed by atoms with Crippen molar-refractivity contribution >= 4 is 5.78 Å². The van der Waals surface area contributed by atoms with E-state index in [1.165, 1.54) is 25.7 Å². The Balaban J connectivity index is 1.48. The van der Waals surface area contributed by atoms with Crippen LogP contribution in [0.1, 0.15) is 38.5 Å². The van der Waals surface area contributed by atoms with Gasteiger partial charge in [0.25, 0.3) is 0 Å². The van der Waals surface area contributed by atoms with E-state index in [1.54, 1.807) is 0 Å². The van der Waals surface area contributed by atoms with Gasteiger partial charge in [0.05, 0.1) is 0 Å². The monoisotopic (exact) mass is 264 g/mol. The third-order valence-electron chi connectivity index (χ3n) is 5.82. The van der Waals surface area contributed by atoms with Crippen LogP contribution >= 0.6 is 0 Å². The molecule has 3 rings (SSSR count). The molecular formula is C16H28N2O. The largest absolute Gasteiger partial charge is 0.304 e. The summed E-state index contributed by atoms with van der Waals surface area (Å²) < 4.78 is 0. The molecule has 0 aromatic carbocycles. The maximum absolute atomic E-state index is 12.4. The number of nitrogens with zero attached hydrogens (tertiary/aromatic N) is 2. The van der Waals surface area contributed by atoms with E-state index in [4.69, 9.17) is 0 Å². The second-order valence-corrected chi connectivity index (χ2v) is 7.28. The van der Waals surface area contributed by atoms with Crippen molar-refractivity contribution in [2.75, 3.05) is 33.7 Å². The lowest BCUT2D eigenvalue weighted by Crippen LogP contribution is -2.50. The van der Waals surface area contributed by atoms with Crippen molar-refractivity contribution < 1.29 is 4.79 Å². The number of hydrogen-bond donors (Lipinski definition) is 0. The molecule has 1 aliphatic heterocycles. The summed E-state index contributed by atoms with van der Waals surface area (Å²) in [5, 5.41) is 0. The maximum Gasteiger partial charge on any atom is 0.134 e. The number of Topliss-reactive ketones (excluding diaryl/α,β-unsaturated/α-hetero) is 1. The van der Waals surface area contributed by atoms with Gasteiger partial charge < -0.3 is 9.80 Å². The van der Waals surface area contributed by atoms with Crippen LogP contribution in [0.25, 0.3) is 0 Å². The van der Waals surface area contributed by atoms with Crippen LogP contribution in [0.5, 0.6) is 0 Å². The maximum atomic E-state index is 12.4. The minimum Gasteiger partial charge on any atom is -0.304 e. The molecule has 3 heteroatoms. The number of hydrogen-bond acceptors (Lipinski definition) is 3. The molecular weight excluding hydrogens is 236 g/mol. The third-order valence-corrected chi connectivity index (χ3v) is 5.82. The lowest BCUT2D eigenvalue weighted by molar-refractivity contribution is -0.122. The number of likely N-dealkylation sites (N-methyl/N-ethyl adjacent to an activating group) is 2. The van der Waals surface area contributed by atoms with Gasteiger partial charge in [-0.1, -0.05) is 6.42 Å². The zero-order valence-corrected chi connectivity index (χ0v) is 12.5. The number of fused-ring (bicyclic) bond motifs is 2. The van der Waals surface area contributed by atoms with Gasteiger partial charge >= 0.3 is 0 Å². The molecule has 3 nitrogen and oxygen atoms in total. The summed E-state index contributed by atoms with van der Waals surface area (Å²) in [5.74, 6) is 3.11. The predicted molar refractivity (Wildman–Crippen MR) is 77.1 cm³/mol. The highest BCUT2D eigenvalue weighted by atomic mass is 16.1. The molecule has 1 heterocycles. The van der Waals surface area contributed by atoms with Gasteiger partial charge in [-0.3, -0.25) is 4.79 Å². The Labute approximate surface area is 117 Å². The molecule has 3 fully saturated rings. The van der Waals surface area contributed by atoms with Crippen molar-refractivity contribution in [3.8, 4) is 0 Å². The van der Waals surface area contributed by atoms with E-state index < -0.39 is 0 Å². The Morgan fingerprint density at radius 1 is 1.11 bits per heavy atom.